The number of anilines is 4. The molecule has 15 nitrogen and oxygen atoms in total. The van der Waals surface area contributed by atoms with Crippen LogP contribution < -0.4 is 25.3 Å². The molecule has 1 unspecified atom stereocenters. The number of hydrogen-bond acceptors (Lipinski definition) is 11. The van der Waals surface area contributed by atoms with Gasteiger partial charge in [-0.3, -0.25) is 34.2 Å². The molecule has 5 amide bonds. The third-order valence-corrected chi connectivity index (χ3v) is 14.6. The number of aromatic nitrogens is 1. The van der Waals surface area contributed by atoms with E-state index in [1.54, 1.807) is 29.3 Å². The van der Waals surface area contributed by atoms with Crippen molar-refractivity contribution in [3.63, 3.8) is 0 Å². The SMILES string of the molecule is [C-]#[N+]c1ccc(N2CCC(F)(C(=O)Nc3ccc(N4CCC(CN5CCN(CC6CCN(c7cccc8c7C(=O)N(C7CCC(=O)NC7=O)C8=O)CC6)CC5)CC4)cn3)CC2)cc1C(F)(F)F. The maximum absolute atomic E-state index is 15.9. The maximum Gasteiger partial charge on any atom is 0.407 e. The van der Waals surface area contributed by atoms with E-state index in [0.29, 0.717) is 23.0 Å². The summed E-state index contributed by atoms with van der Waals surface area (Å²) in [6.07, 6.45) is 0.802. The molecule has 0 radical (unpaired) electrons. The van der Waals surface area contributed by atoms with Gasteiger partial charge in [0.25, 0.3) is 17.7 Å². The van der Waals surface area contributed by atoms with Crippen molar-refractivity contribution in [3.05, 3.63) is 82.8 Å². The lowest BCUT2D eigenvalue weighted by Crippen LogP contribution is -2.54. The largest absolute Gasteiger partial charge is 0.407 e. The Kier molecular flexibility index (Phi) is 13.0. The molecule has 1 atom stereocenters. The Balaban J connectivity index is 0.678. The highest BCUT2D eigenvalue weighted by atomic mass is 19.4. The number of hydrogen-bond donors (Lipinski definition) is 2. The van der Waals surface area contributed by atoms with Gasteiger partial charge in [-0.05, 0) is 80.3 Å². The number of nitrogens with one attached hydrogen (secondary N) is 2. The lowest BCUT2D eigenvalue weighted by atomic mass is 9.92. The third-order valence-electron chi connectivity index (χ3n) is 14.6. The van der Waals surface area contributed by atoms with Gasteiger partial charge in [0.05, 0.1) is 40.8 Å². The van der Waals surface area contributed by atoms with Crippen LogP contribution in [-0.4, -0.2) is 139 Å². The number of fused-ring (bicyclic) bond motifs is 1. The zero-order valence-electron chi connectivity index (χ0n) is 37.2. The van der Waals surface area contributed by atoms with Gasteiger partial charge in [0.15, 0.2) is 11.4 Å². The first kappa shape index (κ1) is 46.0. The van der Waals surface area contributed by atoms with Gasteiger partial charge in [0, 0.05) is 103 Å². The second-order valence-corrected chi connectivity index (χ2v) is 18.7. The molecule has 1 aromatic heterocycles. The van der Waals surface area contributed by atoms with Gasteiger partial charge in [-0.25, -0.2) is 14.2 Å². The van der Waals surface area contributed by atoms with Crippen molar-refractivity contribution < 1.29 is 41.5 Å². The number of pyridine rings is 1. The molecular weight excluding hydrogens is 873 g/mol. The summed E-state index contributed by atoms with van der Waals surface area (Å²) in [6.45, 7) is 16.6. The number of amides is 5. The topological polar surface area (TPSA) is 146 Å². The number of nitrogens with zero attached hydrogens (tertiary/aromatic N) is 8. The fourth-order valence-electron chi connectivity index (χ4n) is 10.6. The normalized spacial score (nSPS) is 22.5. The number of rotatable bonds is 10. The summed E-state index contributed by atoms with van der Waals surface area (Å²) in [7, 11) is 0. The van der Waals surface area contributed by atoms with E-state index >= 15 is 4.39 Å². The van der Waals surface area contributed by atoms with Gasteiger partial charge in [0.2, 0.25) is 11.8 Å². The van der Waals surface area contributed by atoms with Crippen LogP contribution in [0, 0.1) is 18.4 Å². The Morgan fingerprint density at radius 1 is 0.776 bits per heavy atom. The van der Waals surface area contributed by atoms with Crippen molar-refractivity contribution in [1.29, 1.82) is 0 Å². The van der Waals surface area contributed by atoms with E-state index in [0.717, 1.165) is 120 Å². The van der Waals surface area contributed by atoms with Crippen molar-refractivity contribution in [3.8, 4) is 0 Å². The molecule has 9 rings (SSSR count). The molecule has 19 heteroatoms. The lowest BCUT2D eigenvalue weighted by Gasteiger charge is -2.41. The van der Waals surface area contributed by atoms with Crippen molar-refractivity contribution in [1.82, 2.24) is 25.0 Å². The smallest absolute Gasteiger partial charge is 0.371 e. The molecule has 354 valence electrons. The first-order valence-electron chi connectivity index (χ1n) is 23.3. The number of piperidine rings is 4. The molecule has 0 aliphatic carbocycles. The average Bonchev–Trinajstić information content (AvgIpc) is 3.58. The minimum atomic E-state index is -4.70. The van der Waals surface area contributed by atoms with Crippen LogP contribution in [0.15, 0.2) is 54.7 Å². The summed E-state index contributed by atoms with van der Waals surface area (Å²) in [5.41, 5.74) is -1.21. The van der Waals surface area contributed by atoms with Gasteiger partial charge in [-0.15, -0.1) is 0 Å². The minimum absolute atomic E-state index is 0.0345. The Hall–Kier alpha value is -6.13. The summed E-state index contributed by atoms with van der Waals surface area (Å²) in [6, 6.07) is 11.3. The molecular formula is C48H54F4N10O5. The summed E-state index contributed by atoms with van der Waals surface area (Å²) < 4.78 is 56.4. The van der Waals surface area contributed by atoms with E-state index in [2.05, 4.69) is 40.1 Å². The molecule has 5 saturated heterocycles. The molecule has 3 aromatic rings. The number of carbonyl (C=O) groups excluding carboxylic acids is 5. The number of halogens is 4. The average molecular weight is 927 g/mol. The first-order chi connectivity index (χ1) is 32.2. The molecule has 5 fully saturated rings. The number of imide groups is 2. The molecule has 7 heterocycles. The van der Waals surface area contributed by atoms with Crippen molar-refractivity contribution in [2.24, 2.45) is 11.8 Å². The van der Waals surface area contributed by atoms with Gasteiger partial charge in [0.1, 0.15) is 11.9 Å². The lowest BCUT2D eigenvalue weighted by molar-refractivity contribution is -0.137. The van der Waals surface area contributed by atoms with E-state index < -0.39 is 58.7 Å². The van der Waals surface area contributed by atoms with E-state index in [1.165, 1.54) is 6.07 Å². The van der Waals surface area contributed by atoms with Crippen molar-refractivity contribution in [2.75, 3.05) is 98.6 Å². The van der Waals surface area contributed by atoms with E-state index in [1.807, 2.05) is 12.1 Å². The summed E-state index contributed by atoms with van der Waals surface area (Å²) >= 11 is 0. The molecule has 2 N–H and O–H groups in total. The Labute approximate surface area is 386 Å². The summed E-state index contributed by atoms with van der Waals surface area (Å²) in [5.74, 6) is -1.48. The summed E-state index contributed by atoms with van der Waals surface area (Å²) in [5, 5.41) is 4.86. The number of alkyl halides is 4. The Morgan fingerprint density at radius 2 is 1.39 bits per heavy atom. The van der Waals surface area contributed by atoms with Crippen LogP contribution >= 0.6 is 0 Å². The van der Waals surface area contributed by atoms with Gasteiger partial charge in [-0.2, -0.15) is 13.2 Å². The highest BCUT2D eigenvalue weighted by molar-refractivity contribution is 6.25. The highest BCUT2D eigenvalue weighted by Gasteiger charge is 2.47. The predicted molar refractivity (Wildman–Crippen MR) is 242 cm³/mol. The van der Waals surface area contributed by atoms with Crippen LogP contribution in [0.1, 0.15) is 77.6 Å². The Bertz CT molecular complexity index is 2430. The third kappa shape index (κ3) is 9.69. The fraction of sp³-hybridized carbons (Fsp3) is 0.521. The second-order valence-electron chi connectivity index (χ2n) is 18.7. The van der Waals surface area contributed by atoms with Crippen LogP contribution in [0.5, 0.6) is 0 Å². The van der Waals surface area contributed by atoms with E-state index in [4.69, 9.17) is 6.57 Å². The fourth-order valence-corrected chi connectivity index (χ4v) is 10.6. The highest BCUT2D eigenvalue weighted by Crippen LogP contribution is 2.41. The number of carbonyl (C=O) groups is 5. The van der Waals surface area contributed by atoms with Crippen LogP contribution in [0.4, 0.5) is 46.1 Å². The van der Waals surface area contributed by atoms with Gasteiger partial charge < -0.3 is 29.8 Å². The standard InChI is InChI=1S/C48H54F4N10O5/c1-53-37-7-5-33(27-36(37)48(50,51)52)60-21-15-47(49,16-22-60)46(67)55-40-9-6-34(28-54-40)59-17-11-31(12-18-59)29-57-23-25-58(26-24-57)30-32-13-19-61(20-14-32)38-4-2-3-35-42(38)45(66)62(44(35)65)39-8-10-41(63)56-43(39)64/h2-7,9,27-28,31-32,39H,8,10-26,29-30H2,(H,54,55,67)(H,56,63,64). The molecule has 6 aliphatic rings. The molecule has 2 aromatic carbocycles. The quantitative estimate of drug-likeness (QED) is 0.146. The maximum atomic E-state index is 15.9. The molecule has 0 saturated carbocycles. The Morgan fingerprint density at radius 3 is 1.97 bits per heavy atom. The zero-order chi connectivity index (χ0) is 47.0. The predicted octanol–water partition coefficient (Wildman–Crippen LogP) is 5.75. The molecule has 67 heavy (non-hydrogen) atoms. The molecule has 6 aliphatic heterocycles. The summed E-state index contributed by atoms with van der Waals surface area (Å²) in [4.78, 5) is 84.0. The number of piperazine rings is 1. The van der Waals surface area contributed by atoms with E-state index in [9.17, 15) is 37.1 Å². The minimum Gasteiger partial charge on any atom is -0.371 e. The van der Waals surface area contributed by atoms with Gasteiger partial charge >= 0.3 is 6.18 Å². The van der Waals surface area contributed by atoms with Crippen LogP contribution in [0.2, 0.25) is 0 Å². The second kappa shape index (κ2) is 18.9. The van der Waals surface area contributed by atoms with Crippen molar-refractivity contribution in [2.45, 2.75) is 69.3 Å². The van der Waals surface area contributed by atoms with Crippen LogP contribution in [0.25, 0.3) is 4.85 Å². The monoisotopic (exact) mass is 926 g/mol. The zero-order valence-corrected chi connectivity index (χ0v) is 37.2. The van der Waals surface area contributed by atoms with E-state index in [-0.39, 0.29) is 50.3 Å². The van der Waals surface area contributed by atoms with Crippen LogP contribution in [-0.2, 0) is 20.6 Å². The molecule has 0 bridgehead atoms. The van der Waals surface area contributed by atoms with Crippen molar-refractivity contribution >= 4 is 58.1 Å². The van der Waals surface area contributed by atoms with Gasteiger partial charge in [-0.1, -0.05) is 12.1 Å². The molecule has 0 spiro atoms. The van der Waals surface area contributed by atoms with Crippen LogP contribution in [0.3, 0.4) is 0 Å². The number of benzene rings is 2. The first-order valence-corrected chi connectivity index (χ1v) is 23.3.